The van der Waals surface area contributed by atoms with Crippen LogP contribution in [0.4, 0.5) is 0 Å². The Balaban J connectivity index is 2.49. The van der Waals surface area contributed by atoms with Gasteiger partial charge >= 0.3 is 5.97 Å². The van der Waals surface area contributed by atoms with E-state index in [1.54, 1.807) is 0 Å². The van der Waals surface area contributed by atoms with Gasteiger partial charge in [0.15, 0.2) is 0 Å². The van der Waals surface area contributed by atoms with Crippen molar-refractivity contribution in [3.63, 3.8) is 0 Å². The smallest absolute Gasteiger partial charge is 0.317 e. The number of hydrogen-bond donors (Lipinski definition) is 1. The molecule has 0 spiro atoms. The van der Waals surface area contributed by atoms with Crippen LogP contribution >= 0.6 is 0 Å². The van der Waals surface area contributed by atoms with Gasteiger partial charge in [-0.3, -0.25) is 9.69 Å². The Morgan fingerprint density at radius 3 is 2.31 bits per heavy atom. The number of hydrogen-bond acceptors (Lipinski definition) is 2. The summed E-state index contributed by atoms with van der Waals surface area (Å²) in [6.07, 6.45) is 2.54. The van der Waals surface area contributed by atoms with Gasteiger partial charge in [0.25, 0.3) is 0 Å². The molecule has 0 aromatic rings. The molecule has 0 saturated heterocycles. The molecule has 0 aromatic carbocycles. The maximum absolute atomic E-state index is 10.6. The maximum Gasteiger partial charge on any atom is 0.317 e. The van der Waals surface area contributed by atoms with Crippen molar-refractivity contribution >= 4 is 5.97 Å². The van der Waals surface area contributed by atoms with Crippen molar-refractivity contribution in [2.24, 2.45) is 5.92 Å². The molecule has 0 aromatic heterocycles. The van der Waals surface area contributed by atoms with Gasteiger partial charge in [0.2, 0.25) is 0 Å². The molecule has 1 rings (SSSR count). The minimum absolute atomic E-state index is 0.176. The molecule has 76 valence electrons. The number of carboxylic acids is 1. The molecule has 1 N–H and O–H groups in total. The Labute approximate surface area is 79.7 Å². The predicted octanol–water partition coefficient (Wildman–Crippen LogP) is 1.58. The number of aliphatic carboxylic acids is 1. The molecular formula is C10H19NO2. The van der Waals surface area contributed by atoms with Crippen molar-refractivity contribution in [1.29, 1.82) is 0 Å². The van der Waals surface area contributed by atoms with Crippen LogP contribution < -0.4 is 0 Å². The third-order valence-electron chi connectivity index (χ3n) is 2.81. The van der Waals surface area contributed by atoms with Crippen molar-refractivity contribution in [3.8, 4) is 0 Å². The highest BCUT2D eigenvalue weighted by Gasteiger charge is 2.33. The van der Waals surface area contributed by atoms with Crippen molar-refractivity contribution in [1.82, 2.24) is 4.90 Å². The third-order valence-corrected chi connectivity index (χ3v) is 2.81. The number of carboxylic acid groups (broad SMARTS) is 1. The molecule has 0 radical (unpaired) electrons. The number of rotatable bonds is 5. The van der Waals surface area contributed by atoms with Gasteiger partial charge in [0.05, 0.1) is 6.54 Å². The molecule has 1 saturated carbocycles. The average molecular weight is 185 g/mol. The van der Waals surface area contributed by atoms with Crippen LogP contribution in [-0.2, 0) is 4.79 Å². The van der Waals surface area contributed by atoms with Crippen LogP contribution in [0.25, 0.3) is 0 Å². The fourth-order valence-electron chi connectivity index (χ4n) is 1.80. The molecule has 3 nitrogen and oxygen atoms in total. The van der Waals surface area contributed by atoms with Gasteiger partial charge in [-0.25, -0.2) is 0 Å². The Morgan fingerprint density at radius 2 is 2.00 bits per heavy atom. The Morgan fingerprint density at radius 1 is 1.46 bits per heavy atom. The average Bonchev–Trinajstić information content (AvgIpc) is 2.80. The summed E-state index contributed by atoms with van der Waals surface area (Å²) in [5.74, 6) is 0.0166. The Bertz CT molecular complexity index is 187. The number of nitrogens with zero attached hydrogens (tertiary/aromatic N) is 1. The summed E-state index contributed by atoms with van der Waals surface area (Å²) in [5.41, 5.74) is 0. The van der Waals surface area contributed by atoms with Crippen molar-refractivity contribution < 1.29 is 9.90 Å². The maximum atomic E-state index is 10.6. The first-order valence-electron chi connectivity index (χ1n) is 5.00. The molecule has 3 heteroatoms. The second kappa shape index (κ2) is 4.09. The monoisotopic (exact) mass is 185 g/mol. The fourth-order valence-corrected chi connectivity index (χ4v) is 1.80. The minimum atomic E-state index is -0.721. The van der Waals surface area contributed by atoms with Gasteiger partial charge < -0.3 is 5.11 Å². The quantitative estimate of drug-likeness (QED) is 0.707. The summed E-state index contributed by atoms with van der Waals surface area (Å²) < 4.78 is 0. The van der Waals surface area contributed by atoms with E-state index in [0.717, 1.165) is 5.92 Å². The summed E-state index contributed by atoms with van der Waals surface area (Å²) in [5, 5.41) is 8.74. The first-order valence-corrected chi connectivity index (χ1v) is 5.00. The van der Waals surface area contributed by atoms with E-state index in [-0.39, 0.29) is 6.54 Å². The van der Waals surface area contributed by atoms with Gasteiger partial charge in [-0.1, -0.05) is 0 Å². The predicted molar refractivity (Wildman–Crippen MR) is 51.7 cm³/mol. The molecule has 1 aliphatic rings. The van der Waals surface area contributed by atoms with E-state index in [4.69, 9.17) is 5.11 Å². The zero-order chi connectivity index (χ0) is 10.0. The van der Waals surface area contributed by atoms with Gasteiger partial charge in [0.1, 0.15) is 0 Å². The van der Waals surface area contributed by atoms with E-state index in [9.17, 15) is 4.79 Å². The van der Waals surface area contributed by atoms with E-state index < -0.39 is 5.97 Å². The van der Waals surface area contributed by atoms with Gasteiger partial charge in [-0.2, -0.15) is 0 Å². The van der Waals surface area contributed by atoms with E-state index in [0.29, 0.717) is 12.1 Å². The highest BCUT2D eigenvalue weighted by molar-refractivity contribution is 5.69. The zero-order valence-corrected chi connectivity index (χ0v) is 8.66. The molecule has 1 unspecified atom stereocenters. The van der Waals surface area contributed by atoms with E-state index in [1.807, 2.05) is 0 Å². The second-order valence-electron chi connectivity index (χ2n) is 4.24. The molecule has 0 amide bonds. The highest BCUT2D eigenvalue weighted by Crippen LogP contribution is 2.35. The SMILES string of the molecule is CC(C)N(CC(=O)O)C(C)C1CC1. The van der Waals surface area contributed by atoms with Crippen molar-refractivity contribution in [2.75, 3.05) is 6.54 Å². The lowest BCUT2D eigenvalue weighted by atomic mass is 10.1. The Kier molecular flexibility index (Phi) is 3.31. The topological polar surface area (TPSA) is 40.5 Å². The largest absolute Gasteiger partial charge is 0.480 e. The summed E-state index contributed by atoms with van der Waals surface area (Å²) >= 11 is 0. The van der Waals surface area contributed by atoms with Crippen LogP contribution in [0.1, 0.15) is 33.6 Å². The summed E-state index contributed by atoms with van der Waals surface area (Å²) in [4.78, 5) is 12.7. The van der Waals surface area contributed by atoms with Gasteiger partial charge in [0, 0.05) is 12.1 Å². The van der Waals surface area contributed by atoms with Gasteiger partial charge in [-0.05, 0) is 39.5 Å². The molecule has 1 atom stereocenters. The van der Waals surface area contributed by atoms with Crippen LogP contribution in [0, 0.1) is 5.92 Å². The molecule has 0 heterocycles. The number of carbonyl (C=O) groups is 1. The van der Waals surface area contributed by atoms with E-state index >= 15 is 0 Å². The minimum Gasteiger partial charge on any atom is -0.480 e. The molecule has 13 heavy (non-hydrogen) atoms. The zero-order valence-electron chi connectivity index (χ0n) is 8.66. The van der Waals surface area contributed by atoms with Crippen molar-refractivity contribution in [3.05, 3.63) is 0 Å². The van der Waals surface area contributed by atoms with Crippen LogP contribution in [0.5, 0.6) is 0 Å². The Hall–Kier alpha value is -0.570. The first kappa shape index (κ1) is 10.5. The van der Waals surface area contributed by atoms with Crippen LogP contribution in [0.2, 0.25) is 0 Å². The molecule has 1 fully saturated rings. The van der Waals surface area contributed by atoms with E-state index in [1.165, 1.54) is 12.8 Å². The lowest BCUT2D eigenvalue weighted by molar-refractivity contribution is -0.139. The molecule has 1 aliphatic carbocycles. The van der Waals surface area contributed by atoms with Crippen molar-refractivity contribution in [2.45, 2.75) is 45.7 Å². The second-order valence-corrected chi connectivity index (χ2v) is 4.24. The fraction of sp³-hybridized carbons (Fsp3) is 0.900. The lowest BCUT2D eigenvalue weighted by Gasteiger charge is -2.31. The third kappa shape index (κ3) is 2.99. The molecular weight excluding hydrogens is 166 g/mol. The summed E-state index contributed by atoms with van der Waals surface area (Å²) in [6, 6.07) is 0.753. The summed E-state index contributed by atoms with van der Waals surface area (Å²) in [7, 11) is 0. The van der Waals surface area contributed by atoms with Crippen LogP contribution in [0.3, 0.4) is 0 Å². The van der Waals surface area contributed by atoms with Gasteiger partial charge in [-0.15, -0.1) is 0 Å². The van der Waals surface area contributed by atoms with Crippen LogP contribution in [-0.4, -0.2) is 34.6 Å². The lowest BCUT2D eigenvalue weighted by Crippen LogP contribution is -2.43. The van der Waals surface area contributed by atoms with E-state index in [2.05, 4.69) is 25.7 Å². The normalized spacial score (nSPS) is 19.5. The molecule has 0 aliphatic heterocycles. The highest BCUT2D eigenvalue weighted by atomic mass is 16.4. The van der Waals surface area contributed by atoms with Crippen LogP contribution in [0.15, 0.2) is 0 Å². The molecule has 0 bridgehead atoms. The summed E-state index contributed by atoms with van der Waals surface area (Å²) in [6.45, 7) is 6.43. The standard InChI is InChI=1S/C10H19NO2/c1-7(2)11(6-10(12)13)8(3)9-4-5-9/h7-9H,4-6H2,1-3H3,(H,12,13). The first-order chi connectivity index (χ1) is 6.02.